The first-order valence-electron chi connectivity index (χ1n) is 4.83. The van der Waals surface area contributed by atoms with Gasteiger partial charge in [0, 0.05) is 0 Å². The van der Waals surface area contributed by atoms with E-state index in [0.717, 1.165) is 31.5 Å². The standard InChI is InChI=1S/C11H14FN.ClH/c12-11-4-2-1-3-10(11)9-5-7-13-8-6-9;/h1-4,9,13H,5-8H2;1H. The lowest BCUT2D eigenvalue weighted by molar-refractivity contribution is 0.445. The molecule has 0 atom stereocenters. The summed E-state index contributed by atoms with van der Waals surface area (Å²) < 4.78 is 13.4. The molecule has 0 unspecified atom stereocenters. The van der Waals surface area contributed by atoms with Crippen LogP contribution in [0.5, 0.6) is 0 Å². The Labute approximate surface area is 90.1 Å². The lowest BCUT2D eigenvalue weighted by atomic mass is 9.90. The number of hydrogen-bond donors (Lipinski definition) is 1. The summed E-state index contributed by atoms with van der Waals surface area (Å²) in [5.74, 6) is 0.372. The quantitative estimate of drug-likeness (QED) is 0.760. The minimum absolute atomic E-state index is 0. The predicted molar refractivity (Wildman–Crippen MR) is 58.5 cm³/mol. The zero-order valence-corrected chi connectivity index (χ0v) is 8.82. The zero-order chi connectivity index (χ0) is 9.10. The Balaban J connectivity index is 0.000000980. The smallest absolute Gasteiger partial charge is 0.126 e. The molecule has 3 heteroatoms. The third-order valence-electron chi connectivity index (χ3n) is 2.68. The molecule has 78 valence electrons. The van der Waals surface area contributed by atoms with Crippen molar-refractivity contribution in [3.8, 4) is 0 Å². The Morgan fingerprint density at radius 3 is 2.43 bits per heavy atom. The van der Waals surface area contributed by atoms with Gasteiger partial charge in [0.1, 0.15) is 5.82 Å². The molecule has 0 radical (unpaired) electrons. The van der Waals surface area contributed by atoms with E-state index < -0.39 is 0 Å². The molecule has 1 nitrogen and oxygen atoms in total. The van der Waals surface area contributed by atoms with Crippen LogP contribution in [0.1, 0.15) is 24.3 Å². The maximum atomic E-state index is 13.4. The molecule has 0 amide bonds. The summed E-state index contributed by atoms with van der Waals surface area (Å²) in [6.07, 6.45) is 2.11. The summed E-state index contributed by atoms with van der Waals surface area (Å²) in [5.41, 5.74) is 0.893. The van der Waals surface area contributed by atoms with Crippen LogP contribution in [-0.4, -0.2) is 13.1 Å². The van der Waals surface area contributed by atoms with Crippen molar-refractivity contribution >= 4 is 12.4 Å². The van der Waals surface area contributed by atoms with Crippen molar-refractivity contribution in [1.82, 2.24) is 5.32 Å². The summed E-state index contributed by atoms with van der Waals surface area (Å²) in [4.78, 5) is 0. The lowest BCUT2D eigenvalue weighted by Gasteiger charge is -2.23. The summed E-state index contributed by atoms with van der Waals surface area (Å²) in [5, 5.41) is 3.28. The first-order valence-corrected chi connectivity index (χ1v) is 4.83. The van der Waals surface area contributed by atoms with Gasteiger partial charge in [0.05, 0.1) is 0 Å². The van der Waals surface area contributed by atoms with E-state index >= 15 is 0 Å². The van der Waals surface area contributed by atoms with Gasteiger partial charge in [-0.2, -0.15) is 0 Å². The molecule has 1 fully saturated rings. The van der Waals surface area contributed by atoms with Gasteiger partial charge in [-0.15, -0.1) is 12.4 Å². The van der Waals surface area contributed by atoms with Crippen LogP contribution in [0.3, 0.4) is 0 Å². The molecule has 1 N–H and O–H groups in total. The fourth-order valence-corrected chi connectivity index (χ4v) is 1.94. The number of piperidine rings is 1. The highest BCUT2D eigenvalue weighted by molar-refractivity contribution is 5.85. The molecule has 0 spiro atoms. The van der Waals surface area contributed by atoms with Gasteiger partial charge in [-0.25, -0.2) is 4.39 Å². The van der Waals surface area contributed by atoms with Gasteiger partial charge in [0.25, 0.3) is 0 Å². The van der Waals surface area contributed by atoms with Crippen molar-refractivity contribution in [2.24, 2.45) is 0 Å². The van der Waals surface area contributed by atoms with Crippen molar-refractivity contribution in [1.29, 1.82) is 0 Å². The third-order valence-corrected chi connectivity index (χ3v) is 2.68. The van der Waals surface area contributed by atoms with Crippen molar-refractivity contribution in [3.05, 3.63) is 35.6 Å². The maximum Gasteiger partial charge on any atom is 0.126 e. The SMILES string of the molecule is Cl.Fc1ccccc1C1CCNCC1. The fourth-order valence-electron chi connectivity index (χ4n) is 1.94. The Bertz CT molecular complexity index is 284. The normalized spacial score (nSPS) is 17.5. The summed E-state index contributed by atoms with van der Waals surface area (Å²) in [7, 11) is 0. The third kappa shape index (κ3) is 2.46. The monoisotopic (exact) mass is 215 g/mol. The molecular formula is C11H15ClFN. The Morgan fingerprint density at radius 1 is 1.14 bits per heavy atom. The summed E-state index contributed by atoms with van der Waals surface area (Å²) in [6, 6.07) is 7.13. The molecule has 14 heavy (non-hydrogen) atoms. The van der Waals surface area contributed by atoms with Crippen LogP contribution in [0.15, 0.2) is 24.3 Å². The van der Waals surface area contributed by atoms with E-state index in [1.807, 2.05) is 12.1 Å². The van der Waals surface area contributed by atoms with Crippen LogP contribution in [0.4, 0.5) is 4.39 Å². The van der Waals surface area contributed by atoms with E-state index in [-0.39, 0.29) is 18.2 Å². The molecule has 0 aromatic heterocycles. The lowest BCUT2D eigenvalue weighted by Crippen LogP contribution is -2.27. The maximum absolute atomic E-state index is 13.4. The van der Waals surface area contributed by atoms with E-state index in [4.69, 9.17) is 0 Å². The summed E-state index contributed by atoms with van der Waals surface area (Å²) in [6.45, 7) is 2.03. The number of rotatable bonds is 1. The minimum atomic E-state index is -0.0469. The number of benzene rings is 1. The van der Waals surface area contributed by atoms with Crippen molar-refractivity contribution in [2.45, 2.75) is 18.8 Å². The summed E-state index contributed by atoms with van der Waals surface area (Å²) >= 11 is 0. The van der Waals surface area contributed by atoms with Gasteiger partial charge in [0.15, 0.2) is 0 Å². The Morgan fingerprint density at radius 2 is 1.79 bits per heavy atom. The molecule has 1 heterocycles. The van der Waals surface area contributed by atoms with Gasteiger partial charge in [-0.05, 0) is 43.5 Å². The molecule has 2 rings (SSSR count). The van der Waals surface area contributed by atoms with Gasteiger partial charge in [-0.1, -0.05) is 18.2 Å². The first-order chi connectivity index (χ1) is 6.38. The average Bonchev–Trinajstić information content (AvgIpc) is 2.20. The van der Waals surface area contributed by atoms with Crippen LogP contribution in [-0.2, 0) is 0 Å². The molecular weight excluding hydrogens is 201 g/mol. The number of nitrogens with one attached hydrogen (secondary N) is 1. The number of hydrogen-bond acceptors (Lipinski definition) is 1. The van der Waals surface area contributed by atoms with Crippen LogP contribution in [0.25, 0.3) is 0 Å². The average molecular weight is 216 g/mol. The largest absolute Gasteiger partial charge is 0.317 e. The zero-order valence-electron chi connectivity index (χ0n) is 8.00. The fraction of sp³-hybridized carbons (Fsp3) is 0.455. The van der Waals surface area contributed by atoms with Gasteiger partial charge < -0.3 is 5.32 Å². The molecule has 1 aromatic rings. The molecule has 1 saturated heterocycles. The second-order valence-electron chi connectivity index (χ2n) is 3.55. The topological polar surface area (TPSA) is 12.0 Å². The van der Waals surface area contributed by atoms with Crippen molar-refractivity contribution in [2.75, 3.05) is 13.1 Å². The predicted octanol–water partition coefficient (Wildman–Crippen LogP) is 2.71. The van der Waals surface area contributed by atoms with Crippen LogP contribution < -0.4 is 5.32 Å². The highest BCUT2D eigenvalue weighted by Crippen LogP contribution is 2.26. The van der Waals surface area contributed by atoms with Crippen LogP contribution >= 0.6 is 12.4 Å². The van der Waals surface area contributed by atoms with E-state index in [1.54, 1.807) is 12.1 Å². The first kappa shape index (κ1) is 11.5. The Kier molecular flexibility index (Phi) is 4.36. The number of halogens is 2. The highest BCUT2D eigenvalue weighted by atomic mass is 35.5. The van der Waals surface area contributed by atoms with Crippen molar-refractivity contribution < 1.29 is 4.39 Å². The highest BCUT2D eigenvalue weighted by Gasteiger charge is 2.17. The van der Waals surface area contributed by atoms with E-state index in [0.29, 0.717) is 5.92 Å². The van der Waals surface area contributed by atoms with E-state index in [2.05, 4.69) is 5.32 Å². The van der Waals surface area contributed by atoms with Crippen LogP contribution in [0, 0.1) is 5.82 Å². The molecule has 0 aliphatic carbocycles. The molecule has 1 aliphatic rings. The van der Waals surface area contributed by atoms with Gasteiger partial charge in [-0.3, -0.25) is 0 Å². The van der Waals surface area contributed by atoms with E-state index in [9.17, 15) is 4.39 Å². The second kappa shape index (κ2) is 5.32. The molecule has 0 saturated carbocycles. The van der Waals surface area contributed by atoms with Gasteiger partial charge >= 0.3 is 0 Å². The second-order valence-corrected chi connectivity index (χ2v) is 3.55. The molecule has 1 aliphatic heterocycles. The van der Waals surface area contributed by atoms with Crippen molar-refractivity contribution in [3.63, 3.8) is 0 Å². The van der Waals surface area contributed by atoms with Crippen LogP contribution in [0.2, 0.25) is 0 Å². The van der Waals surface area contributed by atoms with Gasteiger partial charge in [0.2, 0.25) is 0 Å². The Hall–Kier alpha value is -0.600. The van der Waals surface area contributed by atoms with E-state index in [1.165, 1.54) is 0 Å². The minimum Gasteiger partial charge on any atom is -0.317 e. The molecule has 1 aromatic carbocycles. The molecule has 0 bridgehead atoms.